The van der Waals surface area contributed by atoms with E-state index in [1.807, 2.05) is 0 Å². The molecule has 0 radical (unpaired) electrons. The Hall–Kier alpha value is -8.46. The first-order chi connectivity index (χ1) is 35.9. The van der Waals surface area contributed by atoms with Crippen LogP contribution in [0.5, 0.6) is 0 Å². The second kappa shape index (κ2) is 15.1. The average molecular weight is 949 g/mol. The predicted molar refractivity (Wildman–Crippen MR) is 315 cm³/mol. The van der Waals surface area contributed by atoms with Crippen LogP contribution < -0.4 is 0 Å². The van der Waals surface area contributed by atoms with E-state index >= 15 is 0 Å². The first kappa shape index (κ1) is 43.2. The van der Waals surface area contributed by atoms with Gasteiger partial charge in [0.05, 0.1) is 22.4 Å². The Labute approximate surface area is 432 Å². The van der Waals surface area contributed by atoms with Gasteiger partial charge in [-0.15, -0.1) is 0 Å². The number of fused-ring (bicyclic) bond motifs is 12. The lowest BCUT2D eigenvalue weighted by Gasteiger charge is -2.24. The van der Waals surface area contributed by atoms with Crippen LogP contribution in [0.3, 0.4) is 0 Å². The highest BCUT2D eigenvalue weighted by molar-refractivity contribution is 6.26. The third kappa shape index (κ3) is 5.66. The first-order valence-corrected chi connectivity index (χ1v) is 26.4. The van der Waals surface area contributed by atoms with Crippen LogP contribution in [0, 0.1) is 27.7 Å². The molecule has 2 nitrogen and oxygen atoms in total. The Kier molecular flexibility index (Phi) is 8.78. The van der Waals surface area contributed by atoms with Crippen molar-refractivity contribution < 1.29 is 0 Å². The minimum absolute atomic E-state index is 0.163. The van der Waals surface area contributed by atoms with Gasteiger partial charge in [0, 0.05) is 43.8 Å². The largest absolute Gasteiger partial charge is 0.313 e. The Balaban J connectivity index is 1.13. The van der Waals surface area contributed by atoms with E-state index in [1.165, 1.54) is 166 Å². The molecule has 2 aliphatic carbocycles. The van der Waals surface area contributed by atoms with Gasteiger partial charge in [0.2, 0.25) is 0 Å². The number of nitrogens with zero attached hydrogens (tertiary/aromatic N) is 2. The lowest BCUT2D eigenvalue weighted by atomic mass is 9.79. The van der Waals surface area contributed by atoms with E-state index < -0.39 is 0 Å². The minimum Gasteiger partial charge on any atom is -0.313 e. The molecule has 0 spiro atoms. The van der Waals surface area contributed by atoms with Gasteiger partial charge >= 0.3 is 0 Å². The fourth-order valence-electron chi connectivity index (χ4n) is 14.1. The van der Waals surface area contributed by atoms with Crippen LogP contribution in [0.1, 0.15) is 72.5 Å². The summed E-state index contributed by atoms with van der Waals surface area (Å²) in [5.74, 6) is 0. The molecular weight excluding hydrogens is 893 g/mol. The lowest BCUT2D eigenvalue weighted by Crippen LogP contribution is -2.15. The molecule has 0 saturated heterocycles. The Morgan fingerprint density at radius 3 is 1.11 bits per heavy atom. The average Bonchev–Trinajstić information content (AvgIpc) is 4.01. The molecule has 2 heterocycles. The van der Waals surface area contributed by atoms with E-state index in [-0.39, 0.29) is 10.8 Å². The van der Waals surface area contributed by atoms with Crippen molar-refractivity contribution in [3.8, 4) is 55.9 Å². The van der Waals surface area contributed by atoms with Crippen molar-refractivity contribution >= 4 is 64.9 Å². The third-order valence-corrected chi connectivity index (χ3v) is 18.2. The Morgan fingerprint density at radius 2 is 0.662 bits per heavy atom. The third-order valence-electron chi connectivity index (χ3n) is 18.2. The summed E-state index contributed by atoms with van der Waals surface area (Å²) < 4.78 is 5.08. The second-order valence-electron chi connectivity index (χ2n) is 22.5. The molecule has 2 aliphatic rings. The summed E-state index contributed by atoms with van der Waals surface area (Å²) in [6.45, 7) is 18.9. The zero-order valence-electron chi connectivity index (χ0n) is 43.4. The van der Waals surface area contributed by atoms with Crippen LogP contribution in [-0.2, 0) is 10.8 Å². The molecule has 0 aliphatic heterocycles. The molecular formula is C72H56N2. The minimum atomic E-state index is -0.163. The van der Waals surface area contributed by atoms with Gasteiger partial charge in [0.1, 0.15) is 0 Å². The maximum atomic E-state index is 2.57. The molecule has 354 valence electrons. The van der Waals surface area contributed by atoms with Crippen molar-refractivity contribution in [2.24, 2.45) is 0 Å². The molecule has 0 N–H and O–H groups in total. The fourth-order valence-corrected chi connectivity index (χ4v) is 14.1. The van der Waals surface area contributed by atoms with Gasteiger partial charge in [-0.05, 0) is 186 Å². The van der Waals surface area contributed by atoms with Crippen molar-refractivity contribution in [3.63, 3.8) is 0 Å². The summed E-state index contributed by atoms with van der Waals surface area (Å²) in [5, 5.41) is 12.6. The number of hydrogen-bond acceptors (Lipinski definition) is 0. The molecule has 2 aromatic heterocycles. The van der Waals surface area contributed by atoms with Crippen molar-refractivity contribution in [2.45, 2.75) is 66.2 Å². The Morgan fingerprint density at radius 1 is 0.297 bits per heavy atom. The molecule has 11 aromatic carbocycles. The summed E-state index contributed by atoms with van der Waals surface area (Å²) in [6.07, 6.45) is 0. The van der Waals surface area contributed by atoms with E-state index in [0.717, 1.165) is 0 Å². The van der Waals surface area contributed by atoms with Crippen LogP contribution in [0.15, 0.2) is 194 Å². The van der Waals surface area contributed by atoms with E-state index in [4.69, 9.17) is 0 Å². The normalized spacial score (nSPS) is 14.2. The first-order valence-electron chi connectivity index (χ1n) is 26.4. The molecule has 0 fully saturated rings. The molecule has 0 unspecified atom stereocenters. The fraction of sp³-hybridized carbons (Fsp3) is 0.139. The molecule has 2 heteroatoms. The summed E-state index contributed by atoms with van der Waals surface area (Å²) >= 11 is 0. The van der Waals surface area contributed by atoms with E-state index in [9.17, 15) is 0 Å². The monoisotopic (exact) mass is 948 g/mol. The van der Waals surface area contributed by atoms with E-state index in [0.29, 0.717) is 0 Å². The SMILES string of the molecule is Cc1c(C)n(-c2cccc3ccccc23)c2cc3c(-c4ccc5c(c4)C(C)(C)c4ccccc4-5)c4cc5c(C)c(C)n(-c6cccc7ccccc67)c5cc4c(-c4ccc5c(c4)C(C)(C)c4ccccc4-5)c3cc12. The van der Waals surface area contributed by atoms with E-state index in [2.05, 4.69) is 259 Å². The van der Waals surface area contributed by atoms with Gasteiger partial charge in [-0.2, -0.15) is 0 Å². The number of rotatable bonds is 4. The number of aryl methyl sites for hydroxylation is 2. The van der Waals surface area contributed by atoms with Crippen LogP contribution in [0.2, 0.25) is 0 Å². The van der Waals surface area contributed by atoms with Crippen molar-refractivity contribution in [2.75, 3.05) is 0 Å². The molecule has 0 saturated carbocycles. The highest BCUT2D eigenvalue weighted by atomic mass is 15.0. The zero-order valence-corrected chi connectivity index (χ0v) is 43.4. The Bertz CT molecular complexity index is 4330. The van der Waals surface area contributed by atoms with Crippen LogP contribution in [0.4, 0.5) is 0 Å². The van der Waals surface area contributed by atoms with Gasteiger partial charge in [-0.1, -0.05) is 173 Å². The van der Waals surface area contributed by atoms with Crippen LogP contribution >= 0.6 is 0 Å². The standard InChI is InChI=1S/C72H56N2/c1-41-43(3)73(65-29-17-21-45-19-9-11-23-49(45)65)67-39-59-57(37-55(41)67)69(47-31-33-53-51-25-13-15-27-61(51)71(5,6)63(53)35-47)60-40-68-56(42(2)44(4)74(68)66-30-18-22-46-20-10-12-24-50(46)66)38-58(60)70(59)48-32-34-54-52-26-14-16-28-62(52)72(7,8)64(54)36-48/h9-40H,1-8H3. The van der Waals surface area contributed by atoms with Gasteiger partial charge < -0.3 is 9.13 Å². The highest BCUT2D eigenvalue weighted by Crippen LogP contribution is 2.55. The summed E-state index contributed by atoms with van der Waals surface area (Å²) in [6, 6.07) is 74.3. The second-order valence-corrected chi connectivity index (χ2v) is 22.5. The maximum Gasteiger partial charge on any atom is 0.0540 e. The molecule has 0 amide bonds. The van der Waals surface area contributed by atoms with Crippen molar-refractivity contribution in [1.29, 1.82) is 0 Å². The number of aromatic nitrogens is 2. The molecule has 74 heavy (non-hydrogen) atoms. The molecule has 0 atom stereocenters. The smallest absolute Gasteiger partial charge is 0.0540 e. The zero-order chi connectivity index (χ0) is 50.1. The lowest BCUT2D eigenvalue weighted by molar-refractivity contribution is 0.660. The number of benzene rings is 11. The maximum absolute atomic E-state index is 2.57. The van der Waals surface area contributed by atoms with Gasteiger partial charge in [-0.3, -0.25) is 0 Å². The van der Waals surface area contributed by atoms with Crippen LogP contribution in [-0.4, -0.2) is 9.13 Å². The summed E-state index contributed by atoms with van der Waals surface area (Å²) in [4.78, 5) is 0. The highest BCUT2D eigenvalue weighted by Gasteiger charge is 2.37. The van der Waals surface area contributed by atoms with Crippen LogP contribution in [0.25, 0.3) is 121 Å². The molecule has 0 bridgehead atoms. The quantitative estimate of drug-likeness (QED) is 0.156. The summed E-state index contributed by atoms with van der Waals surface area (Å²) in [7, 11) is 0. The predicted octanol–water partition coefficient (Wildman–Crippen LogP) is 19.4. The van der Waals surface area contributed by atoms with Gasteiger partial charge in [0.15, 0.2) is 0 Å². The molecule has 13 aromatic rings. The van der Waals surface area contributed by atoms with Crippen molar-refractivity contribution in [3.05, 3.63) is 239 Å². The molecule has 15 rings (SSSR count). The number of hydrogen-bond donors (Lipinski definition) is 0. The topological polar surface area (TPSA) is 9.86 Å². The van der Waals surface area contributed by atoms with E-state index in [1.54, 1.807) is 0 Å². The van der Waals surface area contributed by atoms with Crippen molar-refractivity contribution in [1.82, 2.24) is 9.13 Å². The van der Waals surface area contributed by atoms with Gasteiger partial charge in [-0.25, -0.2) is 0 Å². The summed E-state index contributed by atoms with van der Waals surface area (Å²) in [5.41, 5.74) is 25.6. The van der Waals surface area contributed by atoms with Gasteiger partial charge in [0.25, 0.3) is 0 Å².